The normalized spacial score (nSPS) is 16.9. The molecule has 3 heteroatoms. The van der Waals surface area contributed by atoms with Crippen LogP contribution in [0.2, 0.25) is 0 Å². The van der Waals surface area contributed by atoms with E-state index < -0.39 is 0 Å². The average molecular weight is 223 g/mol. The number of likely N-dealkylation sites (tertiary alicyclic amines) is 1. The summed E-state index contributed by atoms with van der Waals surface area (Å²) < 4.78 is 0. The van der Waals surface area contributed by atoms with E-state index in [2.05, 4.69) is 4.90 Å². The highest BCUT2D eigenvalue weighted by molar-refractivity contribution is 6.19. The van der Waals surface area contributed by atoms with Gasteiger partial charge < -0.3 is 0 Å². The van der Waals surface area contributed by atoms with Gasteiger partial charge in [-0.2, -0.15) is 0 Å². The Morgan fingerprint density at radius 2 is 1.44 bits per heavy atom. The van der Waals surface area contributed by atoms with Crippen LogP contribution < -0.4 is 0 Å². The van der Waals surface area contributed by atoms with Gasteiger partial charge >= 0.3 is 0 Å². The molecule has 3 nitrogen and oxygen atoms in total. The molecule has 0 radical (unpaired) electrons. The first-order valence-corrected chi connectivity index (χ1v) is 5.96. The summed E-state index contributed by atoms with van der Waals surface area (Å²) in [5, 5.41) is 0. The van der Waals surface area contributed by atoms with Crippen LogP contribution in [-0.2, 0) is 9.59 Å². The number of allylic oxidation sites excluding steroid dienone is 1. The second-order valence-electron chi connectivity index (χ2n) is 4.60. The quantitative estimate of drug-likeness (QED) is 0.415. The van der Waals surface area contributed by atoms with Crippen LogP contribution >= 0.6 is 0 Å². The summed E-state index contributed by atoms with van der Waals surface area (Å²) in [5.74, 6) is -0.219. The van der Waals surface area contributed by atoms with Gasteiger partial charge in [-0.1, -0.05) is 6.42 Å². The van der Waals surface area contributed by atoms with E-state index in [0.717, 1.165) is 25.2 Å². The molecular formula is C13H21NO2. The van der Waals surface area contributed by atoms with Gasteiger partial charge in [0.05, 0.1) is 5.57 Å². The number of piperidine rings is 1. The summed E-state index contributed by atoms with van der Waals surface area (Å²) in [4.78, 5) is 25.1. The second-order valence-corrected chi connectivity index (χ2v) is 4.60. The molecule has 0 aromatic rings. The van der Waals surface area contributed by atoms with Crippen molar-refractivity contribution >= 4 is 11.6 Å². The molecule has 1 rings (SSSR count). The van der Waals surface area contributed by atoms with Crippen LogP contribution in [0.15, 0.2) is 11.1 Å². The van der Waals surface area contributed by atoms with Crippen LogP contribution in [0, 0.1) is 0 Å². The minimum Gasteiger partial charge on any atom is -0.299 e. The molecule has 90 valence electrons. The lowest BCUT2D eigenvalue weighted by Gasteiger charge is -2.27. The first-order chi connectivity index (χ1) is 7.52. The van der Waals surface area contributed by atoms with Crippen molar-refractivity contribution in [3.63, 3.8) is 0 Å². The zero-order valence-corrected chi connectivity index (χ0v) is 10.5. The number of nitrogens with zero attached hydrogens (tertiary/aromatic N) is 1. The predicted octanol–water partition coefficient (Wildman–Crippen LogP) is 1.97. The van der Waals surface area contributed by atoms with Crippen LogP contribution in [0.25, 0.3) is 0 Å². The minimum absolute atomic E-state index is 0.109. The maximum Gasteiger partial charge on any atom is 0.163 e. The summed E-state index contributed by atoms with van der Waals surface area (Å²) in [7, 11) is 0. The highest BCUT2D eigenvalue weighted by Gasteiger charge is 2.16. The van der Waals surface area contributed by atoms with E-state index in [9.17, 15) is 9.59 Å². The van der Waals surface area contributed by atoms with E-state index in [1.165, 1.54) is 33.1 Å². The van der Waals surface area contributed by atoms with Gasteiger partial charge in [-0.05, 0) is 52.3 Å². The Hall–Kier alpha value is -0.960. The third kappa shape index (κ3) is 3.56. The molecule has 1 saturated heterocycles. The van der Waals surface area contributed by atoms with Crippen LogP contribution in [0.5, 0.6) is 0 Å². The van der Waals surface area contributed by atoms with E-state index in [4.69, 9.17) is 0 Å². The van der Waals surface area contributed by atoms with Gasteiger partial charge in [0.1, 0.15) is 0 Å². The van der Waals surface area contributed by atoms with Gasteiger partial charge in [0, 0.05) is 6.54 Å². The van der Waals surface area contributed by atoms with Gasteiger partial charge in [-0.15, -0.1) is 0 Å². The first-order valence-electron chi connectivity index (χ1n) is 5.96. The van der Waals surface area contributed by atoms with Gasteiger partial charge in [-0.25, -0.2) is 0 Å². The number of hydrogen-bond donors (Lipinski definition) is 0. The third-order valence-corrected chi connectivity index (χ3v) is 3.04. The van der Waals surface area contributed by atoms with E-state index in [1.807, 2.05) is 6.92 Å². The fraction of sp³-hybridized carbons (Fsp3) is 0.692. The molecule has 0 N–H and O–H groups in total. The minimum atomic E-state index is -0.109. The van der Waals surface area contributed by atoms with Gasteiger partial charge in [0.2, 0.25) is 0 Å². The molecule has 0 aromatic heterocycles. The van der Waals surface area contributed by atoms with E-state index in [0.29, 0.717) is 5.57 Å². The lowest BCUT2D eigenvalue weighted by atomic mass is 10.0. The van der Waals surface area contributed by atoms with Crippen molar-refractivity contribution in [3.8, 4) is 0 Å². The van der Waals surface area contributed by atoms with Crippen molar-refractivity contribution in [1.82, 2.24) is 4.90 Å². The molecule has 16 heavy (non-hydrogen) atoms. The number of hydrogen-bond acceptors (Lipinski definition) is 3. The second kappa shape index (κ2) is 5.94. The van der Waals surface area contributed by atoms with Gasteiger partial charge in [0.25, 0.3) is 0 Å². The van der Waals surface area contributed by atoms with E-state index >= 15 is 0 Å². The maximum atomic E-state index is 11.4. The monoisotopic (exact) mass is 223 g/mol. The molecule has 0 aromatic carbocycles. The SMILES string of the molecule is CC(=O)C(C(C)=O)=C(C)CN1CCCCC1. The molecule has 0 amide bonds. The van der Waals surface area contributed by atoms with Crippen molar-refractivity contribution in [3.05, 3.63) is 11.1 Å². The molecule has 1 aliphatic heterocycles. The smallest absolute Gasteiger partial charge is 0.163 e. The Bertz CT molecular complexity index is 296. The molecule has 0 unspecified atom stereocenters. The van der Waals surface area contributed by atoms with Crippen LogP contribution in [-0.4, -0.2) is 36.1 Å². The fourth-order valence-electron chi connectivity index (χ4n) is 2.38. The summed E-state index contributed by atoms with van der Waals surface area (Å²) in [6.07, 6.45) is 3.75. The van der Waals surface area contributed by atoms with Crippen molar-refractivity contribution in [2.75, 3.05) is 19.6 Å². The Morgan fingerprint density at radius 3 is 1.88 bits per heavy atom. The van der Waals surface area contributed by atoms with Crippen molar-refractivity contribution in [2.24, 2.45) is 0 Å². The standard InChI is InChI=1S/C13H21NO2/c1-10(13(11(2)15)12(3)16)9-14-7-5-4-6-8-14/h4-9H2,1-3H3. The molecule has 0 saturated carbocycles. The molecule has 0 atom stereocenters. The van der Waals surface area contributed by atoms with Crippen molar-refractivity contribution < 1.29 is 9.59 Å². The largest absolute Gasteiger partial charge is 0.299 e. The van der Waals surface area contributed by atoms with E-state index in [-0.39, 0.29) is 11.6 Å². The summed E-state index contributed by atoms with van der Waals surface area (Å²) in [6, 6.07) is 0. The van der Waals surface area contributed by atoms with Crippen LogP contribution in [0.4, 0.5) is 0 Å². The molecule has 1 heterocycles. The summed E-state index contributed by atoms with van der Waals surface area (Å²) in [5.41, 5.74) is 1.31. The Labute approximate surface area is 97.5 Å². The lowest BCUT2D eigenvalue weighted by molar-refractivity contribution is -0.119. The van der Waals surface area contributed by atoms with Crippen LogP contribution in [0.1, 0.15) is 40.0 Å². The highest BCUT2D eigenvalue weighted by atomic mass is 16.1. The number of rotatable bonds is 4. The van der Waals surface area contributed by atoms with Crippen molar-refractivity contribution in [2.45, 2.75) is 40.0 Å². The summed E-state index contributed by atoms with van der Waals surface area (Å²) >= 11 is 0. The Morgan fingerprint density at radius 1 is 0.938 bits per heavy atom. The molecule has 0 bridgehead atoms. The fourth-order valence-corrected chi connectivity index (χ4v) is 2.38. The zero-order valence-electron chi connectivity index (χ0n) is 10.5. The Balaban J connectivity index is 2.72. The molecule has 1 aliphatic rings. The van der Waals surface area contributed by atoms with Gasteiger partial charge in [0.15, 0.2) is 11.6 Å². The molecular weight excluding hydrogens is 202 g/mol. The topological polar surface area (TPSA) is 37.4 Å². The number of Topliss-reactive ketones (excluding diaryl/α,β-unsaturated/α-hetero) is 2. The highest BCUT2D eigenvalue weighted by Crippen LogP contribution is 2.13. The Kier molecular flexibility index (Phi) is 4.87. The summed E-state index contributed by atoms with van der Waals surface area (Å²) in [6.45, 7) is 7.76. The number of ketones is 2. The first kappa shape index (κ1) is 13.1. The predicted molar refractivity (Wildman–Crippen MR) is 64.4 cm³/mol. The van der Waals surface area contributed by atoms with E-state index in [1.54, 1.807) is 0 Å². The maximum absolute atomic E-state index is 11.4. The van der Waals surface area contributed by atoms with Crippen LogP contribution in [0.3, 0.4) is 0 Å². The molecule has 0 spiro atoms. The average Bonchev–Trinajstić information content (AvgIpc) is 2.17. The lowest BCUT2D eigenvalue weighted by Crippen LogP contribution is -2.32. The molecule has 0 aliphatic carbocycles. The van der Waals surface area contributed by atoms with Crippen molar-refractivity contribution in [1.29, 1.82) is 0 Å². The third-order valence-electron chi connectivity index (χ3n) is 3.04. The number of carbonyl (C=O) groups excluding carboxylic acids is 2. The number of carbonyl (C=O) groups is 2. The van der Waals surface area contributed by atoms with Gasteiger partial charge in [-0.3, -0.25) is 14.5 Å². The molecule has 1 fully saturated rings. The zero-order chi connectivity index (χ0) is 12.1.